The fraction of sp³-hybridized carbons (Fsp3) is 0.400. The van der Waals surface area contributed by atoms with Crippen molar-refractivity contribution in [1.82, 2.24) is 4.98 Å². The number of nitrogens with zero attached hydrogens (tertiary/aromatic N) is 1. The Labute approximate surface area is 132 Å². The lowest BCUT2D eigenvalue weighted by Gasteiger charge is -2.15. The zero-order valence-electron chi connectivity index (χ0n) is 12.0. The van der Waals surface area contributed by atoms with E-state index in [4.69, 9.17) is 31.8 Å². The second kappa shape index (κ2) is 5.83. The summed E-state index contributed by atoms with van der Waals surface area (Å²) in [4.78, 5) is 5.98. The topological polar surface area (TPSA) is 57.4 Å². The smallest absolute Gasteiger partial charge is 0.180 e. The molecule has 1 aliphatic carbocycles. The first kappa shape index (κ1) is 14.6. The molecule has 1 aliphatic rings. The number of methoxy groups -OCH3 is 2. The van der Waals surface area contributed by atoms with Crippen molar-refractivity contribution < 1.29 is 9.47 Å². The third-order valence-electron chi connectivity index (χ3n) is 3.71. The third-order valence-corrected chi connectivity index (χ3v) is 5.25. The van der Waals surface area contributed by atoms with Crippen LogP contribution in [0.2, 0.25) is 5.02 Å². The zero-order valence-corrected chi connectivity index (χ0v) is 13.6. The van der Waals surface area contributed by atoms with Gasteiger partial charge in [-0.2, -0.15) is 0 Å². The van der Waals surface area contributed by atoms with Gasteiger partial charge in [0.05, 0.1) is 24.9 Å². The minimum Gasteiger partial charge on any atom is -0.493 e. The monoisotopic (exact) mass is 324 g/mol. The summed E-state index contributed by atoms with van der Waals surface area (Å²) in [6.07, 6.45) is 3.16. The summed E-state index contributed by atoms with van der Waals surface area (Å²) in [6.45, 7) is 0. The van der Waals surface area contributed by atoms with E-state index >= 15 is 0 Å². The lowest BCUT2D eigenvalue weighted by Crippen LogP contribution is -2.16. The molecule has 4 nitrogen and oxygen atoms in total. The van der Waals surface area contributed by atoms with E-state index in [0.29, 0.717) is 16.5 Å². The lowest BCUT2D eigenvalue weighted by atomic mass is 9.99. The highest BCUT2D eigenvalue weighted by molar-refractivity contribution is 7.15. The molecule has 0 saturated heterocycles. The molecule has 0 bridgehead atoms. The highest BCUT2D eigenvalue weighted by atomic mass is 35.5. The summed E-state index contributed by atoms with van der Waals surface area (Å²) < 4.78 is 10.6. The Balaban J connectivity index is 2.09. The Morgan fingerprint density at radius 3 is 2.81 bits per heavy atom. The maximum Gasteiger partial charge on any atom is 0.180 e. The highest BCUT2D eigenvalue weighted by Gasteiger charge is 2.24. The van der Waals surface area contributed by atoms with Crippen LogP contribution in [0.4, 0.5) is 0 Å². The van der Waals surface area contributed by atoms with Gasteiger partial charge in [-0.1, -0.05) is 11.6 Å². The highest BCUT2D eigenvalue weighted by Crippen LogP contribution is 2.44. The van der Waals surface area contributed by atoms with Crippen molar-refractivity contribution in [3.8, 4) is 22.1 Å². The largest absolute Gasteiger partial charge is 0.493 e. The van der Waals surface area contributed by atoms with Gasteiger partial charge in [-0.05, 0) is 31.4 Å². The van der Waals surface area contributed by atoms with Gasteiger partial charge >= 0.3 is 0 Å². The molecule has 1 atom stereocenters. The number of thiazole rings is 1. The molecule has 1 aromatic heterocycles. The van der Waals surface area contributed by atoms with E-state index < -0.39 is 0 Å². The number of aromatic nitrogens is 1. The Bertz CT molecular complexity index is 672. The number of benzene rings is 1. The number of nitrogens with two attached hydrogens (primary N) is 1. The van der Waals surface area contributed by atoms with Gasteiger partial charge in [0.2, 0.25) is 0 Å². The van der Waals surface area contributed by atoms with Crippen LogP contribution in [0.3, 0.4) is 0 Å². The van der Waals surface area contributed by atoms with Crippen molar-refractivity contribution in [2.75, 3.05) is 14.2 Å². The van der Waals surface area contributed by atoms with Crippen LogP contribution in [0, 0.1) is 0 Å². The summed E-state index contributed by atoms with van der Waals surface area (Å²) in [6, 6.07) is 3.80. The minimum absolute atomic E-state index is 0.0395. The summed E-state index contributed by atoms with van der Waals surface area (Å²) in [7, 11) is 3.17. The van der Waals surface area contributed by atoms with Gasteiger partial charge in [-0.15, -0.1) is 11.3 Å². The van der Waals surface area contributed by atoms with Crippen LogP contribution in [0.25, 0.3) is 10.6 Å². The first-order valence-electron chi connectivity index (χ1n) is 6.81. The van der Waals surface area contributed by atoms with Gasteiger partial charge in [0.15, 0.2) is 11.5 Å². The summed E-state index contributed by atoms with van der Waals surface area (Å²) in [5, 5.41) is 1.42. The standard InChI is InChI=1S/C15H17ClN2O2S/c1-19-10-7-6-8(12(16)14(10)20-2)15-18-13-9(17)4-3-5-11(13)21-15/h6-7,9H,3-5,17H2,1-2H3. The Morgan fingerprint density at radius 2 is 2.14 bits per heavy atom. The lowest BCUT2D eigenvalue weighted by molar-refractivity contribution is 0.355. The maximum atomic E-state index is 6.46. The van der Waals surface area contributed by atoms with Gasteiger partial charge in [-0.3, -0.25) is 0 Å². The molecular formula is C15H17ClN2O2S. The molecule has 2 N–H and O–H groups in total. The predicted molar refractivity (Wildman–Crippen MR) is 85.5 cm³/mol. The molecule has 0 aliphatic heterocycles. The number of rotatable bonds is 3. The quantitative estimate of drug-likeness (QED) is 0.932. The molecule has 0 saturated carbocycles. The molecule has 1 heterocycles. The number of ether oxygens (including phenoxy) is 2. The Morgan fingerprint density at radius 1 is 1.33 bits per heavy atom. The van der Waals surface area contributed by atoms with Crippen molar-refractivity contribution in [2.45, 2.75) is 25.3 Å². The van der Waals surface area contributed by atoms with E-state index in [1.807, 2.05) is 12.1 Å². The van der Waals surface area contributed by atoms with Gasteiger partial charge in [0.25, 0.3) is 0 Å². The van der Waals surface area contributed by atoms with Gasteiger partial charge in [0, 0.05) is 16.5 Å². The van der Waals surface area contributed by atoms with E-state index in [1.54, 1.807) is 25.6 Å². The summed E-state index contributed by atoms with van der Waals surface area (Å²) in [5.41, 5.74) is 8.03. The van der Waals surface area contributed by atoms with Crippen LogP contribution in [-0.2, 0) is 6.42 Å². The number of hydrogen-bond acceptors (Lipinski definition) is 5. The fourth-order valence-electron chi connectivity index (χ4n) is 2.62. The SMILES string of the molecule is COc1ccc(-c2nc3c(s2)CCCC3N)c(Cl)c1OC. The molecule has 6 heteroatoms. The van der Waals surface area contributed by atoms with E-state index in [0.717, 1.165) is 35.5 Å². The van der Waals surface area contributed by atoms with E-state index in [2.05, 4.69) is 0 Å². The van der Waals surface area contributed by atoms with Crippen LogP contribution >= 0.6 is 22.9 Å². The number of halogens is 1. The normalized spacial score (nSPS) is 17.4. The number of hydrogen-bond donors (Lipinski definition) is 1. The van der Waals surface area contributed by atoms with Gasteiger partial charge < -0.3 is 15.2 Å². The average molecular weight is 325 g/mol. The zero-order chi connectivity index (χ0) is 15.0. The van der Waals surface area contributed by atoms with Crippen molar-refractivity contribution in [1.29, 1.82) is 0 Å². The molecule has 0 radical (unpaired) electrons. The van der Waals surface area contributed by atoms with Crippen molar-refractivity contribution in [3.05, 3.63) is 27.7 Å². The van der Waals surface area contributed by atoms with E-state index in [-0.39, 0.29) is 6.04 Å². The Hall–Kier alpha value is -1.30. The van der Waals surface area contributed by atoms with Crippen molar-refractivity contribution in [3.63, 3.8) is 0 Å². The van der Waals surface area contributed by atoms with Crippen LogP contribution in [0.5, 0.6) is 11.5 Å². The predicted octanol–water partition coefficient (Wildman–Crippen LogP) is 3.82. The second-order valence-corrected chi connectivity index (χ2v) is 6.45. The van der Waals surface area contributed by atoms with Gasteiger partial charge in [0.1, 0.15) is 5.01 Å². The molecule has 0 amide bonds. The summed E-state index contributed by atoms with van der Waals surface area (Å²) >= 11 is 8.12. The van der Waals surface area contributed by atoms with Crippen molar-refractivity contribution >= 4 is 22.9 Å². The number of fused-ring (bicyclic) bond motifs is 1. The van der Waals surface area contributed by atoms with E-state index in [9.17, 15) is 0 Å². The van der Waals surface area contributed by atoms with Crippen LogP contribution in [0.1, 0.15) is 29.5 Å². The molecular weight excluding hydrogens is 308 g/mol. The number of aryl methyl sites for hydroxylation is 1. The molecule has 1 unspecified atom stereocenters. The molecule has 0 spiro atoms. The maximum absolute atomic E-state index is 6.46. The van der Waals surface area contributed by atoms with Crippen LogP contribution < -0.4 is 15.2 Å². The molecule has 0 fully saturated rings. The van der Waals surface area contributed by atoms with E-state index in [1.165, 1.54) is 4.88 Å². The fourth-order valence-corrected chi connectivity index (χ4v) is 4.21. The molecule has 2 aromatic rings. The molecule has 1 aromatic carbocycles. The van der Waals surface area contributed by atoms with Crippen LogP contribution in [-0.4, -0.2) is 19.2 Å². The van der Waals surface area contributed by atoms with Crippen molar-refractivity contribution in [2.24, 2.45) is 5.73 Å². The second-order valence-electron chi connectivity index (χ2n) is 4.99. The molecule has 3 rings (SSSR count). The summed E-state index contributed by atoms with van der Waals surface area (Å²) in [5.74, 6) is 1.15. The molecule has 112 valence electrons. The third kappa shape index (κ3) is 2.50. The molecule has 21 heavy (non-hydrogen) atoms. The van der Waals surface area contributed by atoms with Crippen LogP contribution in [0.15, 0.2) is 12.1 Å². The Kier molecular flexibility index (Phi) is 4.06. The first-order valence-corrected chi connectivity index (χ1v) is 8.01. The minimum atomic E-state index is 0.0395. The van der Waals surface area contributed by atoms with Gasteiger partial charge in [-0.25, -0.2) is 4.98 Å². The average Bonchev–Trinajstić information content (AvgIpc) is 2.92. The first-order chi connectivity index (χ1) is 10.2.